The third kappa shape index (κ3) is 2.73. The second-order valence-corrected chi connectivity index (χ2v) is 5.12. The molecular formula is C14H18N2S. The first-order valence-electron chi connectivity index (χ1n) is 5.99. The highest BCUT2D eigenvalue weighted by atomic mass is 32.1. The number of hydrogen-bond donors (Lipinski definition) is 1. The molecule has 17 heavy (non-hydrogen) atoms. The van der Waals surface area contributed by atoms with Crippen molar-refractivity contribution in [3.8, 4) is 10.6 Å². The molecule has 2 nitrogen and oxygen atoms in total. The zero-order chi connectivity index (χ0) is 12.3. The van der Waals surface area contributed by atoms with Crippen molar-refractivity contribution in [3.05, 3.63) is 40.9 Å². The van der Waals surface area contributed by atoms with E-state index in [0.717, 1.165) is 17.1 Å². The van der Waals surface area contributed by atoms with Gasteiger partial charge < -0.3 is 5.73 Å². The van der Waals surface area contributed by atoms with Crippen LogP contribution in [0.3, 0.4) is 0 Å². The van der Waals surface area contributed by atoms with Gasteiger partial charge in [0.1, 0.15) is 5.01 Å². The first kappa shape index (κ1) is 12.3. The number of benzene rings is 1. The summed E-state index contributed by atoms with van der Waals surface area (Å²) in [6.45, 7) is 4.93. The summed E-state index contributed by atoms with van der Waals surface area (Å²) >= 11 is 1.69. The lowest BCUT2D eigenvalue weighted by atomic mass is 10.1. The van der Waals surface area contributed by atoms with Gasteiger partial charge in [0.15, 0.2) is 0 Å². The molecular weight excluding hydrogens is 228 g/mol. The van der Waals surface area contributed by atoms with E-state index in [2.05, 4.69) is 48.5 Å². The highest BCUT2D eigenvalue weighted by Crippen LogP contribution is 2.26. The zero-order valence-corrected chi connectivity index (χ0v) is 11.1. The maximum Gasteiger partial charge on any atom is 0.123 e. The molecule has 1 atom stereocenters. The number of aryl methyl sites for hydroxylation is 1. The molecule has 1 aromatic heterocycles. The van der Waals surface area contributed by atoms with E-state index in [4.69, 9.17) is 5.73 Å². The summed E-state index contributed by atoms with van der Waals surface area (Å²) < 4.78 is 0. The minimum atomic E-state index is 0.343. The van der Waals surface area contributed by atoms with Crippen LogP contribution >= 0.6 is 11.3 Å². The largest absolute Gasteiger partial charge is 0.330 e. The number of hydrogen-bond acceptors (Lipinski definition) is 3. The average Bonchev–Trinajstić information content (AvgIpc) is 2.87. The molecule has 0 amide bonds. The molecule has 0 aliphatic rings. The molecule has 0 bridgehead atoms. The molecule has 1 aromatic carbocycles. The van der Waals surface area contributed by atoms with Crippen LogP contribution in [0.5, 0.6) is 0 Å². The summed E-state index contributed by atoms with van der Waals surface area (Å²) in [5, 5.41) is 3.20. The molecule has 0 aliphatic heterocycles. The second kappa shape index (κ2) is 5.43. The Bertz CT molecular complexity index is 473. The van der Waals surface area contributed by atoms with Crippen LogP contribution in [0.15, 0.2) is 29.6 Å². The van der Waals surface area contributed by atoms with Crippen molar-refractivity contribution in [1.82, 2.24) is 4.98 Å². The quantitative estimate of drug-likeness (QED) is 0.897. The van der Waals surface area contributed by atoms with Crippen LogP contribution in [0.4, 0.5) is 0 Å². The minimum Gasteiger partial charge on any atom is -0.330 e. The predicted octanol–water partition coefficient (Wildman–Crippen LogP) is 3.43. The van der Waals surface area contributed by atoms with Crippen LogP contribution in [0, 0.1) is 0 Å². The lowest BCUT2D eigenvalue weighted by molar-refractivity contribution is 0.752. The van der Waals surface area contributed by atoms with Gasteiger partial charge >= 0.3 is 0 Å². The SMILES string of the molecule is CCc1ccc(-c2nc(C(C)CN)cs2)cc1. The minimum absolute atomic E-state index is 0.343. The van der Waals surface area contributed by atoms with Gasteiger partial charge in [-0.1, -0.05) is 38.1 Å². The number of thiazole rings is 1. The topological polar surface area (TPSA) is 38.9 Å². The summed E-state index contributed by atoms with van der Waals surface area (Å²) in [4.78, 5) is 4.65. The van der Waals surface area contributed by atoms with Gasteiger partial charge in [-0.3, -0.25) is 0 Å². The van der Waals surface area contributed by atoms with E-state index in [0.29, 0.717) is 12.5 Å². The van der Waals surface area contributed by atoms with Crippen molar-refractivity contribution in [2.45, 2.75) is 26.2 Å². The van der Waals surface area contributed by atoms with Crippen molar-refractivity contribution in [1.29, 1.82) is 0 Å². The van der Waals surface area contributed by atoms with Gasteiger partial charge in [-0.15, -0.1) is 11.3 Å². The third-order valence-corrected chi connectivity index (χ3v) is 3.90. The van der Waals surface area contributed by atoms with Gasteiger partial charge in [0.05, 0.1) is 5.69 Å². The molecule has 0 fully saturated rings. The highest BCUT2D eigenvalue weighted by Gasteiger charge is 2.09. The fraction of sp³-hybridized carbons (Fsp3) is 0.357. The van der Waals surface area contributed by atoms with E-state index in [1.165, 1.54) is 11.1 Å². The predicted molar refractivity (Wildman–Crippen MR) is 74.4 cm³/mol. The summed E-state index contributed by atoms with van der Waals surface area (Å²) in [7, 11) is 0. The Kier molecular flexibility index (Phi) is 3.92. The van der Waals surface area contributed by atoms with Crippen LogP contribution in [-0.2, 0) is 6.42 Å². The van der Waals surface area contributed by atoms with Crippen molar-refractivity contribution >= 4 is 11.3 Å². The Morgan fingerprint density at radius 1 is 1.29 bits per heavy atom. The van der Waals surface area contributed by atoms with Gasteiger partial charge in [0.2, 0.25) is 0 Å². The van der Waals surface area contributed by atoms with Crippen LogP contribution in [0.25, 0.3) is 10.6 Å². The summed E-state index contributed by atoms with van der Waals surface area (Å²) in [5.41, 5.74) is 9.32. The van der Waals surface area contributed by atoms with E-state index in [1.54, 1.807) is 11.3 Å². The lowest BCUT2D eigenvalue weighted by Gasteiger charge is -2.03. The molecule has 90 valence electrons. The normalized spacial score (nSPS) is 12.6. The number of aromatic nitrogens is 1. The number of rotatable bonds is 4. The monoisotopic (exact) mass is 246 g/mol. The Balaban J connectivity index is 2.24. The van der Waals surface area contributed by atoms with E-state index >= 15 is 0 Å². The lowest BCUT2D eigenvalue weighted by Crippen LogP contribution is -2.08. The zero-order valence-electron chi connectivity index (χ0n) is 10.3. The Hall–Kier alpha value is -1.19. The Labute approximate surface area is 107 Å². The van der Waals surface area contributed by atoms with Gasteiger partial charge in [-0.05, 0) is 12.0 Å². The molecule has 2 rings (SSSR count). The van der Waals surface area contributed by atoms with Gasteiger partial charge in [0, 0.05) is 23.4 Å². The third-order valence-electron chi connectivity index (χ3n) is 2.99. The van der Waals surface area contributed by atoms with Crippen molar-refractivity contribution in [2.75, 3.05) is 6.54 Å². The molecule has 3 heteroatoms. The second-order valence-electron chi connectivity index (χ2n) is 4.26. The highest BCUT2D eigenvalue weighted by molar-refractivity contribution is 7.13. The maximum atomic E-state index is 5.65. The molecule has 2 aromatic rings. The van der Waals surface area contributed by atoms with Crippen molar-refractivity contribution in [2.24, 2.45) is 5.73 Å². The van der Waals surface area contributed by atoms with Crippen LogP contribution < -0.4 is 5.73 Å². The summed E-state index contributed by atoms with van der Waals surface area (Å²) in [5.74, 6) is 0.343. The number of nitrogens with zero attached hydrogens (tertiary/aromatic N) is 1. The van der Waals surface area contributed by atoms with E-state index in [1.807, 2.05) is 0 Å². The van der Waals surface area contributed by atoms with E-state index < -0.39 is 0 Å². The first-order valence-corrected chi connectivity index (χ1v) is 6.87. The first-order chi connectivity index (χ1) is 8.24. The van der Waals surface area contributed by atoms with E-state index in [9.17, 15) is 0 Å². The average molecular weight is 246 g/mol. The standard InChI is InChI=1S/C14H18N2S/c1-3-11-4-6-12(7-5-11)14-16-13(9-17-14)10(2)8-15/h4-7,9-10H,3,8,15H2,1-2H3. The summed E-state index contributed by atoms with van der Waals surface area (Å²) in [6, 6.07) is 8.63. The Morgan fingerprint density at radius 2 is 2.00 bits per heavy atom. The smallest absolute Gasteiger partial charge is 0.123 e. The molecule has 0 saturated heterocycles. The molecule has 0 spiro atoms. The van der Waals surface area contributed by atoms with Gasteiger partial charge in [-0.2, -0.15) is 0 Å². The fourth-order valence-corrected chi connectivity index (χ4v) is 2.60. The molecule has 0 aliphatic carbocycles. The maximum absolute atomic E-state index is 5.65. The van der Waals surface area contributed by atoms with E-state index in [-0.39, 0.29) is 0 Å². The number of nitrogens with two attached hydrogens (primary N) is 1. The van der Waals surface area contributed by atoms with Crippen LogP contribution in [0.1, 0.15) is 31.0 Å². The molecule has 1 heterocycles. The molecule has 0 saturated carbocycles. The van der Waals surface area contributed by atoms with Crippen LogP contribution in [0.2, 0.25) is 0 Å². The molecule has 2 N–H and O–H groups in total. The van der Waals surface area contributed by atoms with Crippen molar-refractivity contribution < 1.29 is 0 Å². The van der Waals surface area contributed by atoms with Gasteiger partial charge in [0.25, 0.3) is 0 Å². The van der Waals surface area contributed by atoms with Gasteiger partial charge in [-0.25, -0.2) is 4.98 Å². The van der Waals surface area contributed by atoms with Crippen LogP contribution in [-0.4, -0.2) is 11.5 Å². The van der Waals surface area contributed by atoms with Crippen molar-refractivity contribution in [3.63, 3.8) is 0 Å². The summed E-state index contributed by atoms with van der Waals surface area (Å²) in [6.07, 6.45) is 1.08. The Morgan fingerprint density at radius 3 is 2.59 bits per heavy atom. The molecule has 1 unspecified atom stereocenters. The fourth-order valence-electron chi connectivity index (χ4n) is 1.65. The molecule has 0 radical (unpaired) electrons.